The summed E-state index contributed by atoms with van der Waals surface area (Å²) in [7, 11) is 0. The molecular formula is C18H26N4O2. The molecule has 1 aromatic rings. The summed E-state index contributed by atoms with van der Waals surface area (Å²) in [5, 5.41) is 8.92. The molecule has 1 atom stereocenters. The van der Waals surface area contributed by atoms with E-state index in [0.717, 1.165) is 50.3 Å². The predicted octanol–water partition coefficient (Wildman–Crippen LogP) is 1.57. The van der Waals surface area contributed by atoms with Crippen LogP contribution in [0.2, 0.25) is 0 Å². The van der Waals surface area contributed by atoms with E-state index in [-0.39, 0.29) is 17.9 Å². The summed E-state index contributed by atoms with van der Waals surface area (Å²) in [6.45, 7) is 5.82. The highest BCUT2D eigenvalue weighted by Crippen LogP contribution is 2.19. The Bertz CT molecular complexity index is 583. The predicted molar refractivity (Wildman–Crippen MR) is 93.9 cm³/mol. The number of likely N-dealkylation sites (tertiary alicyclic amines) is 1. The van der Waals surface area contributed by atoms with Crippen LogP contribution in [0, 0.1) is 18.8 Å². The first kappa shape index (κ1) is 16.8. The van der Waals surface area contributed by atoms with E-state index in [1.807, 2.05) is 36.1 Å². The molecule has 2 heterocycles. The van der Waals surface area contributed by atoms with Crippen LogP contribution >= 0.6 is 0 Å². The summed E-state index contributed by atoms with van der Waals surface area (Å²) < 4.78 is 0. The lowest BCUT2D eigenvalue weighted by Crippen LogP contribution is -2.54. The standard InChI is InChI=1S/C18H26N4O2/c1-13-4-6-16(7-5-13)21-18(24)20-9-14-3-2-8-22(12-14)17(23)15-10-19-11-15/h4-7,14-15,19H,2-3,8-12H2,1H3,(H2,20,21,24). The number of carbonyl (C=O) groups excluding carboxylic acids is 2. The second-order valence-electron chi connectivity index (χ2n) is 6.85. The van der Waals surface area contributed by atoms with Crippen molar-refractivity contribution in [3.63, 3.8) is 0 Å². The first-order chi connectivity index (χ1) is 11.6. The number of amides is 3. The maximum atomic E-state index is 12.3. The van der Waals surface area contributed by atoms with Gasteiger partial charge in [0.2, 0.25) is 5.91 Å². The average molecular weight is 330 g/mol. The number of rotatable bonds is 4. The molecule has 2 aliphatic rings. The Hall–Kier alpha value is -2.08. The number of nitrogens with zero attached hydrogens (tertiary/aromatic N) is 1. The zero-order chi connectivity index (χ0) is 16.9. The molecule has 0 aromatic heterocycles. The van der Waals surface area contributed by atoms with Gasteiger partial charge in [0.15, 0.2) is 0 Å². The van der Waals surface area contributed by atoms with Gasteiger partial charge in [-0.1, -0.05) is 17.7 Å². The van der Waals surface area contributed by atoms with Gasteiger partial charge >= 0.3 is 6.03 Å². The quantitative estimate of drug-likeness (QED) is 0.785. The number of hydrogen-bond donors (Lipinski definition) is 3. The minimum Gasteiger partial charge on any atom is -0.342 e. The Kier molecular flexibility index (Phi) is 5.35. The van der Waals surface area contributed by atoms with E-state index >= 15 is 0 Å². The van der Waals surface area contributed by atoms with E-state index in [4.69, 9.17) is 0 Å². The molecule has 2 saturated heterocycles. The van der Waals surface area contributed by atoms with E-state index in [9.17, 15) is 9.59 Å². The molecule has 3 N–H and O–H groups in total. The van der Waals surface area contributed by atoms with Crippen LogP contribution in [0.1, 0.15) is 18.4 Å². The summed E-state index contributed by atoms with van der Waals surface area (Å²) in [4.78, 5) is 26.3. The lowest BCUT2D eigenvalue weighted by Gasteiger charge is -2.37. The molecule has 130 valence electrons. The molecule has 24 heavy (non-hydrogen) atoms. The molecule has 2 fully saturated rings. The van der Waals surface area contributed by atoms with Crippen molar-refractivity contribution < 1.29 is 9.59 Å². The number of piperidine rings is 1. The number of urea groups is 1. The number of aryl methyl sites for hydroxylation is 1. The van der Waals surface area contributed by atoms with Crippen molar-refractivity contribution in [2.75, 3.05) is 38.0 Å². The molecule has 0 bridgehead atoms. The van der Waals surface area contributed by atoms with Gasteiger partial charge in [-0.2, -0.15) is 0 Å². The van der Waals surface area contributed by atoms with Crippen LogP contribution in [0.5, 0.6) is 0 Å². The average Bonchev–Trinajstić information content (AvgIpc) is 2.54. The van der Waals surface area contributed by atoms with Crippen molar-refractivity contribution in [2.45, 2.75) is 19.8 Å². The normalized spacial score (nSPS) is 21.0. The first-order valence-corrected chi connectivity index (χ1v) is 8.73. The smallest absolute Gasteiger partial charge is 0.319 e. The number of nitrogens with one attached hydrogen (secondary N) is 3. The number of benzene rings is 1. The van der Waals surface area contributed by atoms with E-state index in [2.05, 4.69) is 16.0 Å². The fraction of sp³-hybridized carbons (Fsp3) is 0.556. The fourth-order valence-electron chi connectivity index (χ4n) is 3.20. The van der Waals surface area contributed by atoms with Gasteiger partial charge in [-0.15, -0.1) is 0 Å². The van der Waals surface area contributed by atoms with Crippen molar-refractivity contribution in [3.05, 3.63) is 29.8 Å². The van der Waals surface area contributed by atoms with Gasteiger partial charge in [0.25, 0.3) is 0 Å². The third-order valence-corrected chi connectivity index (χ3v) is 4.82. The van der Waals surface area contributed by atoms with Crippen LogP contribution in [-0.2, 0) is 4.79 Å². The highest BCUT2D eigenvalue weighted by atomic mass is 16.2. The Labute approximate surface area is 143 Å². The second-order valence-corrected chi connectivity index (χ2v) is 6.85. The van der Waals surface area contributed by atoms with Crippen molar-refractivity contribution in [1.82, 2.24) is 15.5 Å². The molecule has 2 aliphatic heterocycles. The molecule has 1 unspecified atom stereocenters. The van der Waals surface area contributed by atoms with Crippen LogP contribution in [0.15, 0.2) is 24.3 Å². The van der Waals surface area contributed by atoms with Gasteiger partial charge in [-0.3, -0.25) is 4.79 Å². The highest BCUT2D eigenvalue weighted by Gasteiger charge is 2.32. The third kappa shape index (κ3) is 4.26. The summed E-state index contributed by atoms with van der Waals surface area (Å²) >= 11 is 0. The summed E-state index contributed by atoms with van der Waals surface area (Å²) in [5.74, 6) is 0.753. The van der Waals surface area contributed by atoms with Crippen molar-refractivity contribution in [1.29, 1.82) is 0 Å². The zero-order valence-electron chi connectivity index (χ0n) is 14.2. The van der Waals surface area contributed by atoms with Crippen LogP contribution < -0.4 is 16.0 Å². The van der Waals surface area contributed by atoms with Crippen LogP contribution in [-0.4, -0.2) is 49.6 Å². The first-order valence-electron chi connectivity index (χ1n) is 8.73. The number of anilines is 1. The fourth-order valence-corrected chi connectivity index (χ4v) is 3.20. The van der Waals surface area contributed by atoms with Gasteiger partial charge in [0, 0.05) is 38.4 Å². The highest BCUT2D eigenvalue weighted by molar-refractivity contribution is 5.89. The minimum absolute atomic E-state index is 0.154. The second kappa shape index (κ2) is 7.66. The molecular weight excluding hydrogens is 304 g/mol. The maximum absolute atomic E-state index is 12.3. The van der Waals surface area contributed by atoms with Crippen molar-refractivity contribution in [3.8, 4) is 0 Å². The van der Waals surface area contributed by atoms with Gasteiger partial charge in [0.05, 0.1) is 5.92 Å². The molecule has 3 rings (SSSR count). The lowest BCUT2D eigenvalue weighted by molar-refractivity contribution is -0.138. The topological polar surface area (TPSA) is 73.5 Å². The van der Waals surface area contributed by atoms with Crippen molar-refractivity contribution >= 4 is 17.6 Å². The molecule has 0 radical (unpaired) electrons. The van der Waals surface area contributed by atoms with Gasteiger partial charge in [-0.05, 0) is 37.8 Å². The van der Waals surface area contributed by atoms with Gasteiger partial charge in [0.1, 0.15) is 0 Å². The SMILES string of the molecule is Cc1ccc(NC(=O)NCC2CCCN(C(=O)C3CNC3)C2)cc1. The Balaban J connectivity index is 1.42. The van der Waals surface area contributed by atoms with Crippen LogP contribution in [0.4, 0.5) is 10.5 Å². The molecule has 1 aromatic carbocycles. The van der Waals surface area contributed by atoms with E-state index in [1.165, 1.54) is 0 Å². The summed E-state index contributed by atoms with van der Waals surface area (Å²) in [5.41, 5.74) is 1.95. The molecule has 6 heteroatoms. The van der Waals surface area contributed by atoms with E-state index < -0.39 is 0 Å². The van der Waals surface area contributed by atoms with Crippen molar-refractivity contribution in [2.24, 2.45) is 11.8 Å². The zero-order valence-corrected chi connectivity index (χ0v) is 14.2. The largest absolute Gasteiger partial charge is 0.342 e. The molecule has 0 spiro atoms. The maximum Gasteiger partial charge on any atom is 0.319 e. The molecule has 0 aliphatic carbocycles. The third-order valence-electron chi connectivity index (χ3n) is 4.82. The molecule has 3 amide bonds. The van der Waals surface area contributed by atoms with E-state index in [0.29, 0.717) is 12.5 Å². The lowest BCUT2D eigenvalue weighted by atomic mass is 9.95. The molecule has 6 nitrogen and oxygen atoms in total. The minimum atomic E-state index is -0.189. The Morgan fingerprint density at radius 3 is 2.67 bits per heavy atom. The number of hydrogen-bond acceptors (Lipinski definition) is 3. The van der Waals surface area contributed by atoms with E-state index in [1.54, 1.807) is 0 Å². The monoisotopic (exact) mass is 330 g/mol. The van der Waals surface area contributed by atoms with Gasteiger partial charge < -0.3 is 20.9 Å². The molecule has 0 saturated carbocycles. The van der Waals surface area contributed by atoms with Crippen LogP contribution in [0.3, 0.4) is 0 Å². The number of carbonyl (C=O) groups is 2. The summed E-state index contributed by atoms with van der Waals surface area (Å²) in [6.07, 6.45) is 2.06. The van der Waals surface area contributed by atoms with Gasteiger partial charge in [-0.25, -0.2) is 4.79 Å². The Morgan fingerprint density at radius 1 is 1.25 bits per heavy atom. The van der Waals surface area contributed by atoms with Crippen LogP contribution in [0.25, 0.3) is 0 Å². The Morgan fingerprint density at radius 2 is 2.00 bits per heavy atom. The summed E-state index contributed by atoms with van der Waals surface area (Å²) in [6, 6.07) is 7.53.